The van der Waals surface area contributed by atoms with E-state index in [2.05, 4.69) is 5.32 Å². The highest BCUT2D eigenvalue weighted by Gasteiger charge is 2.18. The average molecular weight is 249 g/mol. The zero-order chi connectivity index (χ0) is 11.9. The summed E-state index contributed by atoms with van der Waals surface area (Å²) in [5.41, 5.74) is 0. The van der Waals surface area contributed by atoms with Crippen molar-refractivity contribution in [2.45, 2.75) is 38.5 Å². The molecule has 2 aliphatic heterocycles. The molecule has 2 saturated heterocycles. The minimum Gasteiger partial charge on any atom is -0.317 e. The Bertz CT molecular complexity index is 258. The monoisotopic (exact) mass is 249 g/mol. The van der Waals surface area contributed by atoms with E-state index in [1.807, 2.05) is 0 Å². The van der Waals surface area contributed by atoms with Gasteiger partial charge in [0.15, 0.2) is 0 Å². The second kappa shape index (κ2) is 7.21. The van der Waals surface area contributed by atoms with Crippen molar-refractivity contribution < 1.29 is 8.42 Å². The van der Waals surface area contributed by atoms with Gasteiger partial charge >= 0.3 is 0 Å². The van der Waals surface area contributed by atoms with Crippen LogP contribution in [0.2, 0.25) is 0 Å². The van der Waals surface area contributed by atoms with E-state index in [9.17, 15) is 8.42 Å². The maximum absolute atomic E-state index is 10.7. The second-order valence-electron chi connectivity index (χ2n) is 4.32. The first-order valence-electron chi connectivity index (χ1n) is 6.09. The lowest BCUT2D eigenvalue weighted by Crippen LogP contribution is -2.40. The van der Waals surface area contributed by atoms with Crippen LogP contribution in [-0.2, 0) is 10.2 Å². The Hall–Kier alpha value is -0.170. The molecule has 0 spiro atoms. The van der Waals surface area contributed by atoms with Crippen molar-refractivity contribution in [3.63, 3.8) is 0 Å². The number of piperidine rings is 2. The Kier molecular flexibility index (Phi) is 6.26. The number of hydrogen-bond acceptors (Lipinski definition) is 3. The van der Waals surface area contributed by atoms with Gasteiger partial charge in [-0.05, 0) is 38.8 Å². The molecule has 0 bridgehead atoms. The van der Waals surface area contributed by atoms with E-state index < -0.39 is 10.2 Å². The maximum atomic E-state index is 10.7. The number of nitrogens with one attached hydrogen (secondary N) is 1. The molecular formula is C10H23N3O2S. The van der Waals surface area contributed by atoms with Gasteiger partial charge in [-0.3, -0.25) is 0 Å². The lowest BCUT2D eigenvalue weighted by Gasteiger charge is -2.23. The van der Waals surface area contributed by atoms with Gasteiger partial charge in [0.2, 0.25) is 0 Å². The molecule has 5 nitrogen and oxygen atoms in total. The van der Waals surface area contributed by atoms with Crippen LogP contribution in [0.15, 0.2) is 0 Å². The third-order valence-corrected chi connectivity index (χ3v) is 3.97. The van der Waals surface area contributed by atoms with Crippen LogP contribution in [0.1, 0.15) is 38.5 Å². The SMILES string of the molecule is C1CCNCC1.NS(=O)(=O)N1CCCCC1. The van der Waals surface area contributed by atoms with Gasteiger partial charge in [-0.1, -0.05) is 12.8 Å². The predicted octanol–water partition coefficient (Wildman–Crippen LogP) is 0.436. The number of nitrogens with zero attached hydrogens (tertiary/aromatic N) is 1. The van der Waals surface area contributed by atoms with Crippen molar-refractivity contribution in [2.75, 3.05) is 26.2 Å². The van der Waals surface area contributed by atoms with Crippen molar-refractivity contribution >= 4 is 10.2 Å². The van der Waals surface area contributed by atoms with Gasteiger partial charge in [0.1, 0.15) is 0 Å². The van der Waals surface area contributed by atoms with Crippen molar-refractivity contribution in [2.24, 2.45) is 5.14 Å². The molecule has 0 radical (unpaired) electrons. The maximum Gasteiger partial charge on any atom is 0.276 e. The molecule has 2 rings (SSSR count). The lowest BCUT2D eigenvalue weighted by atomic mass is 10.2. The van der Waals surface area contributed by atoms with Gasteiger partial charge in [-0.25, -0.2) is 5.14 Å². The molecule has 96 valence electrons. The van der Waals surface area contributed by atoms with E-state index in [0.717, 1.165) is 19.3 Å². The van der Waals surface area contributed by atoms with E-state index in [4.69, 9.17) is 5.14 Å². The van der Waals surface area contributed by atoms with Gasteiger partial charge in [0.05, 0.1) is 0 Å². The molecule has 0 aromatic rings. The Labute approximate surface area is 98.6 Å². The fourth-order valence-corrected chi connectivity index (χ4v) is 2.69. The van der Waals surface area contributed by atoms with Gasteiger partial charge in [-0.2, -0.15) is 12.7 Å². The first-order valence-corrected chi connectivity index (χ1v) is 7.59. The Morgan fingerprint density at radius 3 is 1.62 bits per heavy atom. The molecule has 3 N–H and O–H groups in total. The molecule has 2 fully saturated rings. The van der Waals surface area contributed by atoms with Crippen LogP contribution < -0.4 is 10.5 Å². The summed E-state index contributed by atoms with van der Waals surface area (Å²) in [5.74, 6) is 0. The van der Waals surface area contributed by atoms with Gasteiger partial charge in [0, 0.05) is 13.1 Å². The molecular weight excluding hydrogens is 226 g/mol. The number of rotatable bonds is 1. The van der Waals surface area contributed by atoms with E-state index >= 15 is 0 Å². The zero-order valence-electron chi connectivity index (χ0n) is 9.82. The smallest absolute Gasteiger partial charge is 0.276 e. The Morgan fingerprint density at radius 1 is 0.875 bits per heavy atom. The summed E-state index contributed by atoms with van der Waals surface area (Å²) < 4.78 is 22.7. The van der Waals surface area contributed by atoms with Crippen molar-refractivity contribution in [3.8, 4) is 0 Å². The first-order chi connectivity index (χ1) is 7.61. The molecule has 0 aromatic carbocycles. The molecule has 0 unspecified atom stereocenters. The highest BCUT2D eigenvalue weighted by molar-refractivity contribution is 7.86. The summed E-state index contributed by atoms with van der Waals surface area (Å²) in [6.45, 7) is 3.69. The largest absolute Gasteiger partial charge is 0.317 e. The highest BCUT2D eigenvalue weighted by Crippen LogP contribution is 2.09. The predicted molar refractivity (Wildman–Crippen MR) is 65.3 cm³/mol. The van der Waals surface area contributed by atoms with Gasteiger partial charge < -0.3 is 5.32 Å². The molecule has 0 saturated carbocycles. The van der Waals surface area contributed by atoms with Gasteiger partial charge in [-0.15, -0.1) is 0 Å². The van der Waals surface area contributed by atoms with Crippen LogP contribution in [0.5, 0.6) is 0 Å². The summed E-state index contributed by atoms with van der Waals surface area (Å²) in [6.07, 6.45) is 7.21. The van der Waals surface area contributed by atoms with Crippen LogP contribution in [0.4, 0.5) is 0 Å². The fourth-order valence-electron chi connectivity index (χ4n) is 1.92. The number of hydrogen-bond donors (Lipinski definition) is 2. The van der Waals surface area contributed by atoms with Gasteiger partial charge in [0.25, 0.3) is 10.2 Å². The van der Waals surface area contributed by atoms with Crippen LogP contribution in [0, 0.1) is 0 Å². The lowest BCUT2D eigenvalue weighted by molar-refractivity contribution is 0.347. The van der Waals surface area contributed by atoms with Crippen LogP contribution in [0.3, 0.4) is 0 Å². The normalized spacial score (nSPS) is 23.3. The van der Waals surface area contributed by atoms with E-state index in [1.165, 1.54) is 36.7 Å². The molecule has 0 aliphatic carbocycles. The van der Waals surface area contributed by atoms with E-state index in [-0.39, 0.29) is 0 Å². The average Bonchev–Trinajstić information content (AvgIpc) is 2.32. The third kappa shape index (κ3) is 5.79. The van der Waals surface area contributed by atoms with E-state index in [1.54, 1.807) is 0 Å². The third-order valence-electron chi connectivity index (χ3n) is 2.88. The quantitative estimate of drug-likeness (QED) is 0.708. The zero-order valence-corrected chi connectivity index (χ0v) is 10.6. The van der Waals surface area contributed by atoms with E-state index in [0.29, 0.717) is 13.1 Å². The van der Waals surface area contributed by atoms with Crippen molar-refractivity contribution in [3.05, 3.63) is 0 Å². The van der Waals surface area contributed by atoms with Crippen LogP contribution in [-0.4, -0.2) is 38.9 Å². The number of nitrogens with two attached hydrogens (primary N) is 1. The summed E-state index contributed by atoms with van der Waals surface area (Å²) in [5, 5.41) is 8.19. The topological polar surface area (TPSA) is 75.4 Å². The van der Waals surface area contributed by atoms with Crippen LogP contribution >= 0.6 is 0 Å². The second-order valence-corrected chi connectivity index (χ2v) is 5.86. The summed E-state index contributed by atoms with van der Waals surface area (Å²) in [7, 11) is -3.39. The van der Waals surface area contributed by atoms with Crippen molar-refractivity contribution in [1.82, 2.24) is 9.62 Å². The summed E-state index contributed by atoms with van der Waals surface area (Å²) >= 11 is 0. The molecule has 2 heterocycles. The fraction of sp³-hybridized carbons (Fsp3) is 1.00. The molecule has 16 heavy (non-hydrogen) atoms. The molecule has 2 aliphatic rings. The summed E-state index contributed by atoms with van der Waals surface area (Å²) in [4.78, 5) is 0. The standard InChI is InChI=1S/C5H12N2O2S.C5H11N/c6-10(8,9)7-4-2-1-3-5-7;1-2-4-6-5-3-1/h1-5H2,(H2,6,8,9);6H,1-5H2. The minimum atomic E-state index is -3.39. The molecule has 0 aromatic heterocycles. The molecule has 0 atom stereocenters. The first kappa shape index (κ1) is 13.9. The Morgan fingerprint density at radius 2 is 1.38 bits per heavy atom. The minimum absolute atomic E-state index is 0.596. The molecule has 6 heteroatoms. The Balaban J connectivity index is 0.000000181. The summed E-state index contributed by atoms with van der Waals surface area (Å²) in [6, 6.07) is 0. The molecule has 0 amide bonds. The highest BCUT2D eigenvalue weighted by atomic mass is 32.2. The van der Waals surface area contributed by atoms with Crippen LogP contribution in [0.25, 0.3) is 0 Å². The van der Waals surface area contributed by atoms with Crippen molar-refractivity contribution in [1.29, 1.82) is 0 Å².